The summed E-state index contributed by atoms with van der Waals surface area (Å²) in [6.45, 7) is -0.512. The monoisotopic (exact) mass is 405 g/mol. The van der Waals surface area contributed by atoms with Gasteiger partial charge in [-0.25, -0.2) is 5.10 Å². The van der Waals surface area contributed by atoms with Crippen LogP contribution in [0.15, 0.2) is 47.3 Å². The van der Waals surface area contributed by atoms with Gasteiger partial charge in [-0.3, -0.25) is 14.4 Å². The zero-order chi connectivity index (χ0) is 19.4. The number of anilines is 1. The number of hydrogen-bond acceptors (Lipinski definition) is 5. The van der Waals surface area contributed by atoms with E-state index in [0.717, 1.165) is 0 Å². The van der Waals surface area contributed by atoms with Crippen LogP contribution in [0, 0.1) is 0 Å². The van der Waals surface area contributed by atoms with E-state index in [1.54, 1.807) is 42.5 Å². The predicted molar refractivity (Wildman–Crippen MR) is 102 cm³/mol. The van der Waals surface area contributed by atoms with Crippen molar-refractivity contribution in [1.29, 1.82) is 0 Å². The molecule has 1 heterocycles. The molecule has 9 heteroatoms. The highest BCUT2D eigenvalue weighted by molar-refractivity contribution is 6.39. The molecule has 0 spiro atoms. The van der Waals surface area contributed by atoms with E-state index >= 15 is 0 Å². The molecule has 0 aliphatic rings. The highest BCUT2D eigenvalue weighted by Gasteiger charge is 2.15. The average Bonchev–Trinajstić information content (AvgIpc) is 2.66. The summed E-state index contributed by atoms with van der Waals surface area (Å²) in [6, 6.07) is 11.5. The van der Waals surface area contributed by atoms with Gasteiger partial charge >= 0.3 is 5.97 Å². The Labute approximate surface area is 163 Å². The van der Waals surface area contributed by atoms with Gasteiger partial charge in [0.25, 0.3) is 11.5 Å². The standard InChI is InChI=1S/C18H13Cl2N3O4/c19-12-6-3-7-13(20)17(12)21-15(24)9-27-16(25)8-14-10-4-1-2-5-11(10)18(26)23-22-14/h1-7H,8-9H2,(H,21,24)(H,23,26). The molecular weight excluding hydrogens is 393 g/mol. The van der Waals surface area contributed by atoms with Crippen LogP contribution < -0.4 is 10.9 Å². The molecule has 0 unspecified atom stereocenters. The first-order chi connectivity index (χ1) is 13.0. The van der Waals surface area contributed by atoms with Crippen LogP contribution in [0.3, 0.4) is 0 Å². The largest absolute Gasteiger partial charge is 0.455 e. The van der Waals surface area contributed by atoms with Crippen LogP contribution in [0.1, 0.15) is 5.69 Å². The number of benzene rings is 2. The lowest BCUT2D eigenvalue weighted by Crippen LogP contribution is -2.22. The molecule has 1 aromatic heterocycles. The first kappa shape index (κ1) is 18.9. The molecule has 0 aliphatic heterocycles. The molecule has 0 aliphatic carbocycles. The van der Waals surface area contributed by atoms with E-state index < -0.39 is 18.5 Å². The third-order valence-electron chi connectivity index (χ3n) is 3.68. The number of aromatic amines is 1. The minimum atomic E-state index is -0.667. The van der Waals surface area contributed by atoms with Crippen molar-refractivity contribution in [2.75, 3.05) is 11.9 Å². The van der Waals surface area contributed by atoms with Crippen molar-refractivity contribution in [3.05, 3.63) is 68.6 Å². The van der Waals surface area contributed by atoms with Crippen molar-refractivity contribution in [1.82, 2.24) is 10.2 Å². The summed E-state index contributed by atoms with van der Waals surface area (Å²) in [4.78, 5) is 35.8. The Balaban J connectivity index is 1.63. The molecule has 2 aromatic carbocycles. The molecule has 0 fully saturated rings. The number of hydrogen-bond donors (Lipinski definition) is 2. The molecular formula is C18H13Cl2N3O4. The molecule has 3 aromatic rings. The van der Waals surface area contributed by atoms with Crippen LogP contribution in [0.2, 0.25) is 10.0 Å². The first-order valence-corrected chi connectivity index (χ1v) is 8.57. The smallest absolute Gasteiger partial charge is 0.312 e. The number of esters is 1. The number of amides is 1. The second-order valence-electron chi connectivity index (χ2n) is 5.53. The van der Waals surface area contributed by atoms with Gasteiger partial charge in [0.05, 0.1) is 33.2 Å². The highest BCUT2D eigenvalue weighted by atomic mass is 35.5. The number of nitrogens with one attached hydrogen (secondary N) is 2. The second-order valence-corrected chi connectivity index (χ2v) is 6.34. The summed E-state index contributed by atoms with van der Waals surface area (Å²) in [5.41, 5.74) is 0.249. The van der Waals surface area contributed by atoms with Crippen LogP contribution in [0.25, 0.3) is 10.8 Å². The number of carbonyl (C=O) groups is 2. The topological polar surface area (TPSA) is 101 Å². The molecule has 3 rings (SSSR count). The summed E-state index contributed by atoms with van der Waals surface area (Å²) in [5, 5.41) is 10.2. The van der Waals surface area contributed by atoms with E-state index in [1.165, 1.54) is 0 Å². The van der Waals surface area contributed by atoms with E-state index in [2.05, 4.69) is 15.5 Å². The number of para-hydroxylation sites is 1. The third kappa shape index (κ3) is 4.45. The minimum Gasteiger partial charge on any atom is -0.455 e. The van der Waals surface area contributed by atoms with Crippen molar-refractivity contribution in [2.24, 2.45) is 0 Å². The second kappa shape index (κ2) is 8.20. The molecule has 0 atom stereocenters. The van der Waals surface area contributed by atoms with Crippen molar-refractivity contribution in [2.45, 2.75) is 6.42 Å². The lowest BCUT2D eigenvalue weighted by molar-refractivity contribution is -0.146. The first-order valence-electron chi connectivity index (χ1n) is 7.81. The lowest BCUT2D eigenvalue weighted by Gasteiger charge is -2.10. The van der Waals surface area contributed by atoms with Gasteiger partial charge in [0.15, 0.2) is 6.61 Å². The fourth-order valence-corrected chi connectivity index (χ4v) is 2.92. The lowest BCUT2D eigenvalue weighted by atomic mass is 10.1. The van der Waals surface area contributed by atoms with E-state index in [0.29, 0.717) is 16.5 Å². The Morgan fingerprint density at radius 2 is 1.70 bits per heavy atom. The van der Waals surface area contributed by atoms with Crippen LogP contribution >= 0.6 is 23.2 Å². The molecule has 0 radical (unpaired) electrons. The molecule has 7 nitrogen and oxygen atoms in total. The van der Waals surface area contributed by atoms with Crippen molar-refractivity contribution in [3.8, 4) is 0 Å². The molecule has 138 valence electrons. The van der Waals surface area contributed by atoms with Crippen LogP contribution in [0.4, 0.5) is 5.69 Å². The molecule has 0 saturated heterocycles. The van der Waals surface area contributed by atoms with Crippen LogP contribution in [-0.4, -0.2) is 28.7 Å². The SMILES string of the molecule is O=C(COC(=O)Cc1n[nH]c(=O)c2ccccc12)Nc1c(Cl)cccc1Cl. The number of fused-ring (bicyclic) bond motifs is 1. The zero-order valence-electron chi connectivity index (χ0n) is 13.8. The molecule has 2 N–H and O–H groups in total. The number of carbonyl (C=O) groups excluding carboxylic acids is 2. The number of ether oxygens (including phenoxy) is 1. The van der Waals surface area contributed by atoms with E-state index in [9.17, 15) is 14.4 Å². The van der Waals surface area contributed by atoms with E-state index in [-0.39, 0.29) is 27.7 Å². The van der Waals surface area contributed by atoms with Gasteiger partial charge in [0, 0.05) is 5.39 Å². The summed E-state index contributed by atoms with van der Waals surface area (Å²) < 4.78 is 4.97. The maximum absolute atomic E-state index is 12.0. The maximum atomic E-state index is 12.0. The normalized spacial score (nSPS) is 10.6. The van der Waals surface area contributed by atoms with Crippen LogP contribution in [-0.2, 0) is 20.7 Å². The summed E-state index contributed by atoms with van der Waals surface area (Å²) in [5.74, 6) is -1.25. The fourth-order valence-electron chi connectivity index (χ4n) is 2.43. The van der Waals surface area contributed by atoms with Crippen molar-refractivity contribution >= 4 is 51.5 Å². The minimum absolute atomic E-state index is 0.197. The van der Waals surface area contributed by atoms with E-state index in [4.69, 9.17) is 27.9 Å². The quantitative estimate of drug-likeness (QED) is 0.635. The van der Waals surface area contributed by atoms with Gasteiger partial charge in [0.1, 0.15) is 0 Å². The molecule has 1 amide bonds. The third-order valence-corrected chi connectivity index (χ3v) is 4.31. The molecule has 27 heavy (non-hydrogen) atoms. The Hall–Kier alpha value is -2.90. The number of rotatable bonds is 5. The summed E-state index contributed by atoms with van der Waals surface area (Å²) >= 11 is 11.9. The highest BCUT2D eigenvalue weighted by Crippen LogP contribution is 2.29. The van der Waals surface area contributed by atoms with Gasteiger partial charge in [-0.05, 0) is 18.2 Å². The van der Waals surface area contributed by atoms with Gasteiger partial charge in [-0.2, -0.15) is 5.10 Å². The Bertz CT molecular complexity index is 1060. The number of aromatic nitrogens is 2. The van der Waals surface area contributed by atoms with Crippen LogP contribution in [0.5, 0.6) is 0 Å². The number of nitrogens with zero attached hydrogens (tertiary/aromatic N) is 1. The Morgan fingerprint density at radius 1 is 1.04 bits per heavy atom. The van der Waals surface area contributed by atoms with Gasteiger partial charge in [0.2, 0.25) is 0 Å². The Morgan fingerprint density at radius 3 is 2.41 bits per heavy atom. The van der Waals surface area contributed by atoms with E-state index in [1.807, 2.05) is 0 Å². The zero-order valence-corrected chi connectivity index (χ0v) is 15.3. The fraction of sp³-hybridized carbons (Fsp3) is 0.111. The van der Waals surface area contributed by atoms with Crippen molar-refractivity contribution in [3.63, 3.8) is 0 Å². The van der Waals surface area contributed by atoms with Crippen molar-refractivity contribution < 1.29 is 14.3 Å². The predicted octanol–water partition coefficient (Wildman–Crippen LogP) is 2.95. The van der Waals surface area contributed by atoms with Gasteiger partial charge < -0.3 is 10.1 Å². The average molecular weight is 406 g/mol. The summed E-state index contributed by atoms with van der Waals surface area (Å²) in [7, 11) is 0. The van der Waals surface area contributed by atoms with Gasteiger partial charge in [-0.1, -0.05) is 47.5 Å². The Kier molecular flexibility index (Phi) is 5.73. The number of halogens is 2. The summed E-state index contributed by atoms with van der Waals surface area (Å²) in [6.07, 6.45) is -0.197. The van der Waals surface area contributed by atoms with Gasteiger partial charge in [-0.15, -0.1) is 0 Å². The maximum Gasteiger partial charge on any atom is 0.312 e. The molecule has 0 bridgehead atoms. The number of H-pyrrole nitrogens is 1. The molecule has 0 saturated carbocycles.